The monoisotopic (exact) mass is 425 g/mol. The summed E-state index contributed by atoms with van der Waals surface area (Å²) in [5.74, 6) is 0.0862. The molecule has 1 amide bonds. The van der Waals surface area contributed by atoms with Crippen LogP contribution in [0.15, 0.2) is 54.6 Å². The van der Waals surface area contributed by atoms with Crippen molar-refractivity contribution >= 4 is 28.9 Å². The van der Waals surface area contributed by atoms with Gasteiger partial charge in [0.1, 0.15) is 12.4 Å². The number of amides is 1. The van der Waals surface area contributed by atoms with Gasteiger partial charge in [-0.3, -0.25) is 9.59 Å². The van der Waals surface area contributed by atoms with Crippen LogP contribution in [0.3, 0.4) is 0 Å². The summed E-state index contributed by atoms with van der Waals surface area (Å²) in [6, 6.07) is 17.0. The second kappa shape index (κ2) is 11.1. The Kier molecular flexibility index (Phi) is 7.91. The molecule has 1 heterocycles. The van der Waals surface area contributed by atoms with Crippen LogP contribution >= 0.6 is 11.3 Å². The Bertz CT molecular complexity index is 958. The summed E-state index contributed by atoms with van der Waals surface area (Å²) in [5, 5.41) is 11.3. The fourth-order valence-corrected chi connectivity index (χ4v) is 3.20. The average Bonchev–Trinajstić information content (AvgIpc) is 3.26. The summed E-state index contributed by atoms with van der Waals surface area (Å²) < 4.78 is 10.7. The highest BCUT2D eigenvalue weighted by molar-refractivity contribution is 7.13. The first-order valence-corrected chi connectivity index (χ1v) is 10.5. The van der Waals surface area contributed by atoms with E-state index in [9.17, 15) is 9.59 Å². The molecule has 0 saturated heterocycles. The minimum atomic E-state index is -0.344. The molecule has 0 spiro atoms. The third-order valence-corrected chi connectivity index (χ3v) is 5.07. The van der Waals surface area contributed by atoms with Gasteiger partial charge in [-0.1, -0.05) is 48.6 Å². The molecule has 0 saturated carbocycles. The molecule has 0 aliphatic rings. The fraction of sp³-hybridized carbons (Fsp3) is 0.273. The van der Waals surface area contributed by atoms with Crippen molar-refractivity contribution in [3.8, 4) is 5.75 Å². The van der Waals surface area contributed by atoms with E-state index in [0.717, 1.165) is 23.5 Å². The number of ether oxygens (including phenoxy) is 2. The van der Waals surface area contributed by atoms with Crippen molar-refractivity contribution < 1.29 is 19.1 Å². The number of aromatic nitrogens is 2. The average molecular weight is 426 g/mol. The molecule has 8 heteroatoms. The Hall–Kier alpha value is -3.26. The summed E-state index contributed by atoms with van der Waals surface area (Å²) in [5.41, 5.74) is 1.89. The summed E-state index contributed by atoms with van der Waals surface area (Å²) in [6.07, 6.45) is 1.73. The Labute approximate surface area is 179 Å². The molecule has 7 nitrogen and oxygen atoms in total. The van der Waals surface area contributed by atoms with Crippen LogP contribution in [0.4, 0.5) is 5.69 Å². The van der Waals surface area contributed by atoms with Gasteiger partial charge in [0.25, 0.3) is 5.91 Å². The van der Waals surface area contributed by atoms with Crippen molar-refractivity contribution in [2.24, 2.45) is 0 Å². The number of anilines is 1. The zero-order valence-electron chi connectivity index (χ0n) is 16.7. The zero-order valence-corrected chi connectivity index (χ0v) is 17.5. The van der Waals surface area contributed by atoms with Gasteiger partial charge in [-0.15, -0.1) is 10.2 Å². The van der Waals surface area contributed by atoms with Gasteiger partial charge < -0.3 is 14.8 Å². The quantitative estimate of drug-likeness (QED) is 0.386. The molecule has 0 aliphatic heterocycles. The molecule has 2 aromatic carbocycles. The number of esters is 1. The second-order valence-corrected chi connectivity index (χ2v) is 7.49. The number of nitrogens with zero attached hydrogens (tertiary/aromatic N) is 2. The molecule has 1 aromatic heterocycles. The predicted molar refractivity (Wildman–Crippen MR) is 115 cm³/mol. The standard InChI is InChI=1S/C22H23N3O4S/c1-2-16-10-12-17(13-11-16)23-21(27)22-25-24-19(30-22)15-29-20(26)9-6-14-28-18-7-4-3-5-8-18/h3-5,7-8,10-13H,2,6,9,14-15H2,1H3,(H,23,27). The number of carbonyl (C=O) groups excluding carboxylic acids is 2. The van der Waals surface area contributed by atoms with E-state index in [1.807, 2.05) is 54.6 Å². The number of nitrogens with one attached hydrogen (secondary N) is 1. The molecule has 0 fully saturated rings. The minimum Gasteiger partial charge on any atom is -0.494 e. The van der Waals surface area contributed by atoms with Crippen LogP contribution < -0.4 is 10.1 Å². The normalized spacial score (nSPS) is 10.4. The van der Waals surface area contributed by atoms with Crippen LogP contribution in [0.25, 0.3) is 0 Å². The molecule has 3 rings (SSSR count). The molecule has 156 valence electrons. The van der Waals surface area contributed by atoms with E-state index in [0.29, 0.717) is 23.7 Å². The summed E-state index contributed by atoms with van der Waals surface area (Å²) in [7, 11) is 0. The van der Waals surface area contributed by atoms with E-state index in [1.165, 1.54) is 5.56 Å². The number of aryl methyl sites for hydroxylation is 1. The number of para-hydroxylation sites is 1. The molecule has 0 radical (unpaired) electrons. The van der Waals surface area contributed by atoms with Gasteiger partial charge in [-0.25, -0.2) is 0 Å². The van der Waals surface area contributed by atoms with Crippen LogP contribution in [-0.2, 0) is 22.6 Å². The highest BCUT2D eigenvalue weighted by Gasteiger charge is 2.14. The second-order valence-electron chi connectivity index (χ2n) is 6.43. The Morgan fingerprint density at radius 3 is 2.53 bits per heavy atom. The number of rotatable bonds is 10. The summed E-state index contributed by atoms with van der Waals surface area (Å²) in [6.45, 7) is 2.50. The van der Waals surface area contributed by atoms with Crippen molar-refractivity contribution in [2.45, 2.75) is 32.8 Å². The lowest BCUT2D eigenvalue weighted by Crippen LogP contribution is -2.11. The lowest BCUT2D eigenvalue weighted by molar-refractivity contribution is -0.145. The van der Waals surface area contributed by atoms with Gasteiger partial charge in [0.2, 0.25) is 5.01 Å². The van der Waals surface area contributed by atoms with Crippen molar-refractivity contribution in [3.63, 3.8) is 0 Å². The fourth-order valence-electron chi connectivity index (χ4n) is 2.55. The van der Waals surface area contributed by atoms with Crippen LogP contribution in [0.5, 0.6) is 5.75 Å². The SMILES string of the molecule is CCc1ccc(NC(=O)c2nnc(COC(=O)CCCOc3ccccc3)s2)cc1. The number of hydrogen-bond donors (Lipinski definition) is 1. The van der Waals surface area contributed by atoms with E-state index < -0.39 is 0 Å². The molecule has 30 heavy (non-hydrogen) atoms. The highest BCUT2D eigenvalue weighted by Crippen LogP contribution is 2.15. The maximum atomic E-state index is 12.3. The van der Waals surface area contributed by atoms with Crippen LogP contribution in [0, 0.1) is 0 Å². The largest absolute Gasteiger partial charge is 0.494 e. The first-order valence-electron chi connectivity index (χ1n) is 9.70. The molecule has 0 aliphatic carbocycles. The molecule has 0 unspecified atom stereocenters. The maximum Gasteiger partial charge on any atom is 0.306 e. The third-order valence-electron chi connectivity index (χ3n) is 4.17. The van der Waals surface area contributed by atoms with Gasteiger partial charge in [-0.05, 0) is 42.7 Å². The number of benzene rings is 2. The van der Waals surface area contributed by atoms with Crippen LogP contribution in [0.1, 0.15) is 40.1 Å². The Balaban J connectivity index is 1.37. The van der Waals surface area contributed by atoms with Crippen LogP contribution in [0.2, 0.25) is 0 Å². The minimum absolute atomic E-state index is 0.00544. The maximum absolute atomic E-state index is 12.3. The lowest BCUT2D eigenvalue weighted by Gasteiger charge is -2.05. The molecular weight excluding hydrogens is 402 g/mol. The van der Waals surface area contributed by atoms with Gasteiger partial charge in [0, 0.05) is 12.1 Å². The van der Waals surface area contributed by atoms with E-state index in [2.05, 4.69) is 22.4 Å². The summed E-state index contributed by atoms with van der Waals surface area (Å²) in [4.78, 5) is 24.1. The first-order chi connectivity index (χ1) is 14.6. The number of hydrogen-bond acceptors (Lipinski definition) is 7. The highest BCUT2D eigenvalue weighted by atomic mass is 32.1. The molecular formula is C22H23N3O4S. The third kappa shape index (κ3) is 6.66. The van der Waals surface area contributed by atoms with Crippen molar-refractivity contribution in [1.82, 2.24) is 10.2 Å². The molecule has 3 aromatic rings. The summed E-state index contributed by atoms with van der Waals surface area (Å²) >= 11 is 1.10. The van der Waals surface area contributed by atoms with E-state index >= 15 is 0 Å². The van der Waals surface area contributed by atoms with Gasteiger partial charge in [0.15, 0.2) is 5.01 Å². The van der Waals surface area contributed by atoms with E-state index in [-0.39, 0.29) is 29.9 Å². The van der Waals surface area contributed by atoms with Crippen molar-refractivity contribution in [2.75, 3.05) is 11.9 Å². The van der Waals surface area contributed by atoms with Crippen molar-refractivity contribution in [3.05, 3.63) is 70.2 Å². The van der Waals surface area contributed by atoms with Crippen molar-refractivity contribution in [1.29, 1.82) is 0 Å². The predicted octanol–water partition coefficient (Wildman–Crippen LogP) is 4.26. The lowest BCUT2D eigenvalue weighted by atomic mass is 10.1. The first kappa shape index (κ1) is 21.4. The molecule has 1 N–H and O–H groups in total. The van der Waals surface area contributed by atoms with Crippen LogP contribution in [-0.4, -0.2) is 28.7 Å². The molecule has 0 atom stereocenters. The van der Waals surface area contributed by atoms with Gasteiger partial charge in [-0.2, -0.15) is 0 Å². The van der Waals surface area contributed by atoms with E-state index in [4.69, 9.17) is 9.47 Å². The van der Waals surface area contributed by atoms with Gasteiger partial charge in [0.05, 0.1) is 6.61 Å². The zero-order chi connectivity index (χ0) is 21.2. The number of carbonyl (C=O) groups is 2. The topological polar surface area (TPSA) is 90.4 Å². The Morgan fingerprint density at radius 2 is 1.80 bits per heavy atom. The molecule has 0 bridgehead atoms. The smallest absolute Gasteiger partial charge is 0.306 e. The van der Waals surface area contributed by atoms with Gasteiger partial charge >= 0.3 is 5.97 Å². The van der Waals surface area contributed by atoms with E-state index in [1.54, 1.807) is 0 Å². The Morgan fingerprint density at radius 1 is 1.03 bits per heavy atom.